The van der Waals surface area contributed by atoms with Crippen molar-refractivity contribution in [3.8, 4) is 0 Å². The molecule has 0 aliphatic heterocycles. The average Bonchev–Trinajstić information content (AvgIpc) is 2.96. The van der Waals surface area contributed by atoms with Gasteiger partial charge in [0.15, 0.2) is 0 Å². The fourth-order valence-electron chi connectivity index (χ4n) is 7.09. The first-order valence-electron chi connectivity index (χ1n) is 18.3. The number of hydrogen-bond acceptors (Lipinski definition) is 2. The summed E-state index contributed by atoms with van der Waals surface area (Å²) in [6.07, 6.45) is 29.6. The summed E-state index contributed by atoms with van der Waals surface area (Å²) >= 11 is 0. The number of aliphatic carboxylic acids is 2. The van der Waals surface area contributed by atoms with Crippen LogP contribution >= 0.6 is 0 Å². The molecule has 0 saturated carbocycles. The van der Waals surface area contributed by atoms with E-state index < -0.39 is 17.4 Å². The van der Waals surface area contributed by atoms with Crippen molar-refractivity contribution in [1.29, 1.82) is 0 Å². The van der Waals surface area contributed by atoms with Crippen LogP contribution in [0.25, 0.3) is 0 Å². The molecule has 2 N–H and O–H groups in total. The molecule has 0 fully saturated rings. The van der Waals surface area contributed by atoms with Crippen LogP contribution in [0.2, 0.25) is 0 Å². The number of carbonyl (C=O) groups is 2. The van der Waals surface area contributed by atoms with E-state index in [9.17, 15) is 14.7 Å². The zero-order chi connectivity index (χ0) is 30.8. The lowest BCUT2D eigenvalue weighted by molar-refractivity contribution is -0.156. The first kappa shape index (κ1) is 39.9. The SMILES string of the molecule is CCCCC(CC)CC(CCCCCCCCCCCCCCCC(=O)O)C(CC)(CC(CC)CCCC)C(=O)O. The molecule has 0 aliphatic carbocycles. The number of hydrogen-bond donors (Lipinski definition) is 2. The summed E-state index contributed by atoms with van der Waals surface area (Å²) < 4.78 is 0. The molecule has 4 heteroatoms. The van der Waals surface area contributed by atoms with E-state index in [2.05, 4.69) is 34.6 Å². The normalized spacial score (nSPS) is 15.3. The zero-order valence-corrected chi connectivity index (χ0v) is 28.3. The number of carboxylic acid groups (broad SMARTS) is 2. The van der Waals surface area contributed by atoms with E-state index in [-0.39, 0.29) is 0 Å². The van der Waals surface area contributed by atoms with E-state index in [0.717, 1.165) is 44.9 Å². The molecule has 0 heterocycles. The molecule has 0 aliphatic rings. The third-order valence-electron chi connectivity index (χ3n) is 10.1. The third kappa shape index (κ3) is 19.0. The minimum Gasteiger partial charge on any atom is -0.481 e. The van der Waals surface area contributed by atoms with Crippen molar-refractivity contribution in [1.82, 2.24) is 0 Å². The van der Waals surface area contributed by atoms with E-state index in [1.165, 1.54) is 116 Å². The predicted octanol–water partition coefficient (Wildman–Crippen LogP) is 12.2. The van der Waals surface area contributed by atoms with Crippen LogP contribution in [0.4, 0.5) is 0 Å². The third-order valence-corrected chi connectivity index (χ3v) is 10.1. The Balaban J connectivity index is 4.75. The Bertz CT molecular complexity index is 618. The molecule has 244 valence electrons. The summed E-state index contributed by atoms with van der Waals surface area (Å²) in [6.45, 7) is 11.2. The zero-order valence-electron chi connectivity index (χ0n) is 28.3. The van der Waals surface area contributed by atoms with Crippen molar-refractivity contribution in [3.05, 3.63) is 0 Å². The minimum absolute atomic E-state index is 0.298. The molecular formula is C37H72O4. The lowest BCUT2D eigenvalue weighted by atomic mass is 9.62. The van der Waals surface area contributed by atoms with Crippen molar-refractivity contribution in [2.24, 2.45) is 23.2 Å². The van der Waals surface area contributed by atoms with E-state index in [1.807, 2.05) is 0 Å². The van der Waals surface area contributed by atoms with Crippen LogP contribution < -0.4 is 0 Å². The van der Waals surface area contributed by atoms with Crippen LogP contribution in [0.15, 0.2) is 0 Å². The van der Waals surface area contributed by atoms with Crippen LogP contribution in [-0.4, -0.2) is 22.2 Å². The Hall–Kier alpha value is -1.06. The second kappa shape index (κ2) is 26.6. The molecule has 0 saturated heterocycles. The molecule has 4 nitrogen and oxygen atoms in total. The van der Waals surface area contributed by atoms with Gasteiger partial charge in [-0.15, -0.1) is 0 Å². The van der Waals surface area contributed by atoms with Crippen molar-refractivity contribution in [2.75, 3.05) is 0 Å². The van der Waals surface area contributed by atoms with Crippen LogP contribution in [0.3, 0.4) is 0 Å². The van der Waals surface area contributed by atoms with Crippen molar-refractivity contribution >= 4 is 11.9 Å². The number of carboxylic acids is 2. The monoisotopic (exact) mass is 581 g/mol. The minimum atomic E-state index is -0.672. The first-order valence-corrected chi connectivity index (χ1v) is 18.3. The average molecular weight is 581 g/mol. The maximum Gasteiger partial charge on any atom is 0.309 e. The molecule has 0 amide bonds. The van der Waals surface area contributed by atoms with Crippen molar-refractivity contribution in [2.45, 2.75) is 202 Å². The quantitative estimate of drug-likeness (QED) is 0.0800. The van der Waals surface area contributed by atoms with Gasteiger partial charge in [0.05, 0.1) is 5.41 Å². The number of unbranched alkanes of at least 4 members (excludes halogenated alkanes) is 14. The highest BCUT2D eigenvalue weighted by molar-refractivity contribution is 5.75. The van der Waals surface area contributed by atoms with E-state index >= 15 is 0 Å². The summed E-state index contributed by atoms with van der Waals surface area (Å²) in [5.41, 5.74) is -0.565. The van der Waals surface area contributed by atoms with Crippen molar-refractivity contribution in [3.63, 3.8) is 0 Å². The van der Waals surface area contributed by atoms with Crippen LogP contribution in [0.5, 0.6) is 0 Å². The Kier molecular flexibility index (Phi) is 25.9. The maximum atomic E-state index is 13.1. The maximum absolute atomic E-state index is 13.1. The molecule has 0 aromatic heterocycles. The predicted molar refractivity (Wildman–Crippen MR) is 177 cm³/mol. The summed E-state index contributed by atoms with van der Waals surface area (Å²) in [7, 11) is 0. The smallest absolute Gasteiger partial charge is 0.309 e. The van der Waals surface area contributed by atoms with E-state index in [4.69, 9.17) is 5.11 Å². The van der Waals surface area contributed by atoms with Gasteiger partial charge < -0.3 is 10.2 Å². The van der Waals surface area contributed by atoms with Crippen LogP contribution in [0.1, 0.15) is 202 Å². The molecule has 0 aromatic carbocycles. The molecule has 0 radical (unpaired) electrons. The van der Waals surface area contributed by atoms with Gasteiger partial charge >= 0.3 is 11.9 Å². The highest BCUT2D eigenvalue weighted by Gasteiger charge is 2.45. The fraction of sp³-hybridized carbons (Fsp3) is 0.946. The lowest BCUT2D eigenvalue weighted by Crippen LogP contribution is -2.41. The lowest BCUT2D eigenvalue weighted by Gasteiger charge is -2.41. The largest absolute Gasteiger partial charge is 0.481 e. The van der Waals surface area contributed by atoms with Gasteiger partial charge in [-0.2, -0.15) is 0 Å². The molecule has 4 atom stereocenters. The van der Waals surface area contributed by atoms with E-state index in [1.54, 1.807) is 0 Å². The van der Waals surface area contributed by atoms with Gasteiger partial charge in [-0.25, -0.2) is 0 Å². The molecule has 0 bridgehead atoms. The van der Waals surface area contributed by atoms with Gasteiger partial charge in [0, 0.05) is 6.42 Å². The Morgan fingerprint density at radius 3 is 1.39 bits per heavy atom. The van der Waals surface area contributed by atoms with Gasteiger partial charge in [-0.3, -0.25) is 9.59 Å². The van der Waals surface area contributed by atoms with Gasteiger partial charge in [0.25, 0.3) is 0 Å². The van der Waals surface area contributed by atoms with Gasteiger partial charge in [0.1, 0.15) is 0 Å². The molecule has 0 aromatic rings. The van der Waals surface area contributed by atoms with Gasteiger partial charge in [-0.05, 0) is 49.9 Å². The summed E-state index contributed by atoms with van der Waals surface area (Å²) in [5, 5.41) is 19.4. The molecule has 0 spiro atoms. The van der Waals surface area contributed by atoms with Crippen LogP contribution in [0, 0.1) is 23.2 Å². The Labute approximate surface area is 256 Å². The fourth-order valence-corrected chi connectivity index (χ4v) is 7.09. The Morgan fingerprint density at radius 1 is 0.561 bits per heavy atom. The van der Waals surface area contributed by atoms with Crippen LogP contribution in [-0.2, 0) is 9.59 Å². The van der Waals surface area contributed by atoms with Gasteiger partial charge in [-0.1, -0.05) is 163 Å². The second-order valence-corrected chi connectivity index (χ2v) is 13.3. The summed E-state index contributed by atoms with van der Waals surface area (Å²) in [4.78, 5) is 23.6. The Morgan fingerprint density at radius 2 is 1.00 bits per heavy atom. The molecule has 41 heavy (non-hydrogen) atoms. The topological polar surface area (TPSA) is 74.6 Å². The van der Waals surface area contributed by atoms with Gasteiger partial charge in [0.2, 0.25) is 0 Å². The van der Waals surface area contributed by atoms with E-state index in [0.29, 0.717) is 24.2 Å². The summed E-state index contributed by atoms with van der Waals surface area (Å²) in [5.74, 6) is 0.290. The molecule has 4 unspecified atom stereocenters. The molecule has 0 rings (SSSR count). The number of rotatable bonds is 31. The highest BCUT2D eigenvalue weighted by atomic mass is 16.4. The molecular weight excluding hydrogens is 508 g/mol. The summed E-state index contributed by atoms with van der Waals surface area (Å²) in [6, 6.07) is 0. The second-order valence-electron chi connectivity index (χ2n) is 13.3. The standard InChI is InChI=1S/C37H72O4/c1-6-11-26-32(8-3)30-34(37(10-5,36(40)41)31-33(9-4)27-12-7-2)28-24-22-20-18-16-14-13-15-17-19-21-23-25-29-35(38)39/h32-34H,6-31H2,1-5H3,(H,38,39)(H,40,41). The first-order chi connectivity index (χ1) is 19.8. The highest BCUT2D eigenvalue weighted by Crippen LogP contribution is 2.46. The van der Waals surface area contributed by atoms with Crippen molar-refractivity contribution < 1.29 is 19.8 Å².